The van der Waals surface area contributed by atoms with Crippen molar-refractivity contribution in [2.45, 2.75) is 12.6 Å². The number of nitrogens with zero attached hydrogens (tertiary/aromatic N) is 4. The van der Waals surface area contributed by atoms with Crippen molar-refractivity contribution < 1.29 is 9.50 Å². The van der Waals surface area contributed by atoms with Crippen molar-refractivity contribution in [3.63, 3.8) is 0 Å². The van der Waals surface area contributed by atoms with Crippen LogP contribution in [-0.2, 0) is 6.54 Å². The molecule has 0 aliphatic carbocycles. The van der Waals surface area contributed by atoms with E-state index in [9.17, 15) is 9.50 Å². The lowest BCUT2D eigenvalue weighted by Gasteiger charge is -2.07. The van der Waals surface area contributed by atoms with Crippen LogP contribution in [0.5, 0.6) is 0 Å². The van der Waals surface area contributed by atoms with E-state index in [1.54, 1.807) is 0 Å². The Morgan fingerprint density at radius 1 is 1.44 bits per heavy atom. The van der Waals surface area contributed by atoms with Gasteiger partial charge in [0.05, 0.1) is 12.9 Å². The predicted octanol–water partition coefficient (Wildman–Crippen LogP) is -0.679. The van der Waals surface area contributed by atoms with Gasteiger partial charge < -0.3 is 21.1 Å². The van der Waals surface area contributed by atoms with Crippen molar-refractivity contribution in [1.29, 1.82) is 0 Å². The van der Waals surface area contributed by atoms with Gasteiger partial charge in [-0.3, -0.25) is 0 Å². The van der Waals surface area contributed by atoms with Crippen LogP contribution in [0.4, 0.5) is 16.2 Å². The van der Waals surface area contributed by atoms with Crippen molar-refractivity contribution in [2.75, 3.05) is 18.1 Å². The van der Waals surface area contributed by atoms with Gasteiger partial charge in [-0.05, 0) is 0 Å². The Hall–Kier alpha value is -1.96. The van der Waals surface area contributed by atoms with Crippen molar-refractivity contribution >= 4 is 22.9 Å². The number of anilines is 2. The molecule has 7 nitrogen and oxygen atoms in total. The summed E-state index contributed by atoms with van der Waals surface area (Å²) in [4.78, 5) is 11.7. The molecule has 16 heavy (non-hydrogen) atoms. The minimum atomic E-state index is -1.10. The van der Waals surface area contributed by atoms with E-state index in [0.717, 1.165) is 0 Å². The molecule has 0 aliphatic heterocycles. The van der Waals surface area contributed by atoms with E-state index in [1.807, 2.05) is 0 Å². The zero-order chi connectivity index (χ0) is 11.7. The van der Waals surface area contributed by atoms with Gasteiger partial charge in [-0.15, -0.1) is 0 Å². The number of aromatic nitrogens is 4. The van der Waals surface area contributed by atoms with Crippen molar-refractivity contribution in [3.05, 3.63) is 6.33 Å². The SMILES string of the molecule is Nc1nc(N)c2ncn(CC(O)CF)c2n1. The summed E-state index contributed by atoms with van der Waals surface area (Å²) in [6.07, 6.45) is 0.309. The highest BCUT2D eigenvalue weighted by Gasteiger charge is 2.12. The number of alkyl halides is 1. The van der Waals surface area contributed by atoms with Crippen LogP contribution in [0.3, 0.4) is 0 Å². The minimum Gasteiger partial charge on any atom is -0.389 e. The van der Waals surface area contributed by atoms with Crippen molar-refractivity contribution in [2.24, 2.45) is 0 Å². The van der Waals surface area contributed by atoms with Crippen LogP contribution in [0.25, 0.3) is 11.2 Å². The Morgan fingerprint density at radius 3 is 2.88 bits per heavy atom. The third-order valence-electron chi connectivity index (χ3n) is 2.09. The summed E-state index contributed by atoms with van der Waals surface area (Å²) >= 11 is 0. The zero-order valence-corrected chi connectivity index (χ0v) is 8.34. The van der Waals surface area contributed by atoms with Crippen LogP contribution in [0.1, 0.15) is 0 Å². The maximum absolute atomic E-state index is 12.2. The smallest absolute Gasteiger partial charge is 0.224 e. The zero-order valence-electron chi connectivity index (χ0n) is 8.34. The number of fused-ring (bicyclic) bond motifs is 1. The van der Waals surface area contributed by atoms with Gasteiger partial charge >= 0.3 is 0 Å². The van der Waals surface area contributed by atoms with Gasteiger partial charge in [-0.1, -0.05) is 0 Å². The van der Waals surface area contributed by atoms with Crippen molar-refractivity contribution in [3.8, 4) is 0 Å². The number of rotatable bonds is 3. The normalized spacial score (nSPS) is 13.1. The lowest BCUT2D eigenvalue weighted by molar-refractivity contribution is 0.123. The standard InChI is InChI=1S/C8H11FN6O/c9-1-4(16)2-15-3-12-5-6(10)13-8(11)14-7(5)15/h3-4,16H,1-2H2,(H4,10,11,13,14). The topological polar surface area (TPSA) is 116 Å². The van der Waals surface area contributed by atoms with Gasteiger partial charge in [0.25, 0.3) is 0 Å². The molecular weight excluding hydrogens is 215 g/mol. The quantitative estimate of drug-likeness (QED) is 0.638. The number of hydrogen-bond acceptors (Lipinski definition) is 6. The number of hydrogen-bond donors (Lipinski definition) is 3. The lowest BCUT2D eigenvalue weighted by atomic mass is 10.4. The van der Waals surface area contributed by atoms with Crippen LogP contribution in [0, 0.1) is 0 Å². The Balaban J connectivity index is 2.47. The van der Waals surface area contributed by atoms with E-state index in [1.165, 1.54) is 10.9 Å². The van der Waals surface area contributed by atoms with E-state index < -0.39 is 12.8 Å². The van der Waals surface area contributed by atoms with Gasteiger partial charge in [0.15, 0.2) is 11.5 Å². The summed E-state index contributed by atoms with van der Waals surface area (Å²) in [5.41, 5.74) is 11.8. The Bertz CT molecular complexity index is 512. The fourth-order valence-corrected chi connectivity index (χ4v) is 1.39. The molecular formula is C8H11FN6O. The highest BCUT2D eigenvalue weighted by molar-refractivity contribution is 5.82. The Kier molecular flexibility index (Phi) is 2.57. The molecule has 86 valence electrons. The fraction of sp³-hybridized carbons (Fsp3) is 0.375. The number of nitrogens with two attached hydrogens (primary N) is 2. The number of aliphatic hydroxyl groups excluding tert-OH is 1. The second-order valence-electron chi connectivity index (χ2n) is 3.34. The third-order valence-corrected chi connectivity index (χ3v) is 2.09. The molecule has 0 fully saturated rings. The van der Waals surface area contributed by atoms with E-state index in [-0.39, 0.29) is 18.3 Å². The molecule has 0 saturated heterocycles. The Morgan fingerprint density at radius 2 is 2.19 bits per heavy atom. The summed E-state index contributed by atoms with van der Waals surface area (Å²) in [6.45, 7) is -0.793. The van der Waals surface area contributed by atoms with Crippen LogP contribution in [-0.4, -0.2) is 37.4 Å². The molecule has 2 rings (SSSR count). The summed E-state index contributed by atoms with van der Waals surface area (Å²) in [6, 6.07) is 0. The summed E-state index contributed by atoms with van der Waals surface area (Å²) in [5, 5.41) is 9.20. The average molecular weight is 226 g/mol. The first kappa shape index (κ1) is 10.6. The minimum absolute atomic E-state index is 0.0153. The number of halogens is 1. The molecule has 2 aromatic heterocycles. The maximum atomic E-state index is 12.2. The van der Waals surface area contributed by atoms with Crippen LogP contribution in [0.15, 0.2) is 6.33 Å². The third kappa shape index (κ3) is 1.74. The first-order valence-corrected chi connectivity index (χ1v) is 4.59. The van der Waals surface area contributed by atoms with E-state index in [2.05, 4.69) is 15.0 Å². The number of nitrogen functional groups attached to an aromatic ring is 2. The molecule has 2 aromatic rings. The van der Waals surface area contributed by atoms with Gasteiger partial charge in [-0.2, -0.15) is 9.97 Å². The van der Waals surface area contributed by atoms with Gasteiger partial charge in [-0.25, -0.2) is 9.37 Å². The average Bonchev–Trinajstić information content (AvgIpc) is 2.61. The summed E-state index contributed by atoms with van der Waals surface area (Å²) in [5.74, 6) is 0.178. The van der Waals surface area contributed by atoms with E-state index in [4.69, 9.17) is 11.5 Å². The fourth-order valence-electron chi connectivity index (χ4n) is 1.39. The van der Waals surface area contributed by atoms with Gasteiger partial charge in [0, 0.05) is 0 Å². The molecule has 0 aromatic carbocycles. The molecule has 0 aliphatic rings. The molecule has 1 unspecified atom stereocenters. The summed E-state index contributed by atoms with van der Waals surface area (Å²) < 4.78 is 13.7. The van der Waals surface area contributed by atoms with E-state index in [0.29, 0.717) is 11.2 Å². The van der Waals surface area contributed by atoms with Crippen LogP contribution < -0.4 is 11.5 Å². The second-order valence-corrected chi connectivity index (χ2v) is 3.34. The largest absolute Gasteiger partial charge is 0.389 e. The molecule has 5 N–H and O–H groups in total. The van der Waals surface area contributed by atoms with Crippen LogP contribution in [0.2, 0.25) is 0 Å². The van der Waals surface area contributed by atoms with Gasteiger partial charge in [0.2, 0.25) is 5.95 Å². The molecule has 0 spiro atoms. The van der Waals surface area contributed by atoms with Gasteiger partial charge in [0.1, 0.15) is 18.3 Å². The number of imidazole rings is 1. The van der Waals surface area contributed by atoms with Crippen LogP contribution >= 0.6 is 0 Å². The molecule has 0 saturated carbocycles. The first-order chi connectivity index (χ1) is 7.61. The molecule has 0 bridgehead atoms. The maximum Gasteiger partial charge on any atom is 0.224 e. The monoisotopic (exact) mass is 226 g/mol. The molecule has 1 atom stereocenters. The Labute approximate surface area is 89.9 Å². The summed E-state index contributed by atoms with van der Waals surface area (Å²) in [7, 11) is 0. The molecule has 2 heterocycles. The second kappa shape index (κ2) is 3.89. The molecule has 0 radical (unpaired) electrons. The highest BCUT2D eigenvalue weighted by Crippen LogP contribution is 2.17. The highest BCUT2D eigenvalue weighted by atomic mass is 19.1. The lowest BCUT2D eigenvalue weighted by Crippen LogP contribution is -2.17. The molecule has 0 amide bonds. The molecule has 8 heteroatoms. The predicted molar refractivity (Wildman–Crippen MR) is 56.1 cm³/mol. The van der Waals surface area contributed by atoms with Crippen molar-refractivity contribution in [1.82, 2.24) is 19.5 Å². The van der Waals surface area contributed by atoms with E-state index >= 15 is 0 Å². The first-order valence-electron chi connectivity index (χ1n) is 4.59. The number of aliphatic hydroxyl groups is 1.